The molecule has 136 valence electrons. The molecule has 2 atom stereocenters. The van der Waals surface area contributed by atoms with E-state index < -0.39 is 29.7 Å². The summed E-state index contributed by atoms with van der Waals surface area (Å²) >= 11 is 0. The number of nitrogens with one attached hydrogen (secondary N) is 2. The van der Waals surface area contributed by atoms with E-state index in [-0.39, 0.29) is 17.8 Å². The number of fused-ring (bicyclic) bond motifs is 1. The normalized spacial score (nSPS) is 20.7. The van der Waals surface area contributed by atoms with E-state index in [1.807, 2.05) is 0 Å². The number of hydrogen-bond donors (Lipinski definition) is 2. The number of hydrogen-bond acceptors (Lipinski definition) is 4. The van der Waals surface area contributed by atoms with Crippen molar-refractivity contribution in [2.75, 3.05) is 5.32 Å². The maximum Gasteiger partial charge on any atom is 0.410 e. The number of aromatic nitrogens is 2. The predicted molar refractivity (Wildman–Crippen MR) is 84.2 cm³/mol. The molecule has 3 heterocycles. The van der Waals surface area contributed by atoms with Crippen molar-refractivity contribution in [1.82, 2.24) is 15.1 Å². The van der Waals surface area contributed by atoms with Gasteiger partial charge in [-0.2, -0.15) is 18.3 Å². The van der Waals surface area contributed by atoms with Crippen molar-refractivity contribution in [2.24, 2.45) is 0 Å². The van der Waals surface area contributed by atoms with Gasteiger partial charge in [0.25, 0.3) is 5.91 Å². The zero-order valence-corrected chi connectivity index (χ0v) is 14.0. The fourth-order valence-corrected chi connectivity index (χ4v) is 2.81. The van der Waals surface area contributed by atoms with Crippen LogP contribution in [0.15, 0.2) is 29.0 Å². The molecule has 0 bridgehead atoms. The van der Waals surface area contributed by atoms with Crippen molar-refractivity contribution < 1.29 is 22.4 Å². The van der Waals surface area contributed by atoms with E-state index in [9.17, 15) is 18.0 Å². The van der Waals surface area contributed by atoms with E-state index in [2.05, 4.69) is 15.7 Å². The maximum atomic E-state index is 13.5. The molecule has 6 nitrogen and oxygen atoms in total. The number of alkyl halides is 3. The SMILES string of the molecule is CC(C)(C)NC(=O)c1cnn2c1N[C@@H](c1ccco1)C[C@H]2C(F)(F)F. The highest BCUT2D eigenvalue weighted by atomic mass is 19.4. The van der Waals surface area contributed by atoms with Crippen LogP contribution in [0.1, 0.15) is 55.4 Å². The number of amides is 1. The van der Waals surface area contributed by atoms with E-state index >= 15 is 0 Å². The van der Waals surface area contributed by atoms with E-state index in [1.165, 1.54) is 6.26 Å². The number of anilines is 1. The second-order valence-corrected chi connectivity index (χ2v) is 7.06. The van der Waals surface area contributed by atoms with Crippen molar-refractivity contribution in [3.63, 3.8) is 0 Å². The van der Waals surface area contributed by atoms with Gasteiger partial charge in [0.1, 0.15) is 17.1 Å². The van der Waals surface area contributed by atoms with Gasteiger partial charge in [-0.15, -0.1) is 0 Å². The number of carbonyl (C=O) groups excluding carboxylic acids is 1. The average Bonchev–Trinajstić information content (AvgIpc) is 3.12. The average molecular weight is 356 g/mol. The molecule has 1 aliphatic heterocycles. The minimum absolute atomic E-state index is 0.0386. The fraction of sp³-hybridized carbons (Fsp3) is 0.500. The molecule has 0 fully saturated rings. The summed E-state index contributed by atoms with van der Waals surface area (Å²) in [5.74, 6) is -0.0668. The molecule has 0 aliphatic carbocycles. The molecular formula is C16H19F3N4O2. The number of nitrogens with zero attached hydrogens (tertiary/aromatic N) is 2. The van der Waals surface area contributed by atoms with Crippen LogP contribution in [0.3, 0.4) is 0 Å². The molecule has 3 rings (SSSR count). The summed E-state index contributed by atoms with van der Waals surface area (Å²) in [6.45, 7) is 5.37. The first-order chi connectivity index (χ1) is 11.6. The standard InChI is InChI=1S/C16H19F3N4O2/c1-15(2,3)22-14(24)9-8-20-23-12(16(17,18)19)7-10(21-13(9)23)11-5-4-6-25-11/h4-6,8,10,12,21H,7H2,1-3H3,(H,22,24)/t10-,12+/m1/s1. The Balaban J connectivity index is 2.00. The second kappa shape index (κ2) is 5.82. The van der Waals surface area contributed by atoms with Gasteiger partial charge in [0.2, 0.25) is 0 Å². The lowest BCUT2D eigenvalue weighted by Gasteiger charge is -2.33. The number of halogens is 3. The summed E-state index contributed by atoms with van der Waals surface area (Å²) in [7, 11) is 0. The lowest BCUT2D eigenvalue weighted by Crippen LogP contribution is -2.41. The quantitative estimate of drug-likeness (QED) is 0.861. The fourth-order valence-electron chi connectivity index (χ4n) is 2.81. The highest BCUT2D eigenvalue weighted by molar-refractivity contribution is 5.99. The molecule has 0 saturated heterocycles. The third-order valence-corrected chi connectivity index (χ3v) is 3.86. The van der Waals surface area contributed by atoms with Gasteiger partial charge in [-0.3, -0.25) is 4.79 Å². The summed E-state index contributed by atoms with van der Waals surface area (Å²) in [6, 6.07) is 0.673. The van der Waals surface area contributed by atoms with Gasteiger partial charge < -0.3 is 15.1 Å². The van der Waals surface area contributed by atoms with Crippen molar-refractivity contribution in [3.8, 4) is 0 Å². The Bertz CT molecular complexity index is 759. The van der Waals surface area contributed by atoms with Crippen LogP contribution in [0.5, 0.6) is 0 Å². The van der Waals surface area contributed by atoms with Gasteiger partial charge in [-0.1, -0.05) is 0 Å². The van der Waals surface area contributed by atoms with Gasteiger partial charge in [-0.05, 0) is 32.9 Å². The molecule has 0 aromatic carbocycles. The molecule has 9 heteroatoms. The van der Waals surface area contributed by atoms with Crippen LogP contribution in [-0.2, 0) is 0 Å². The summed E-state index contributed by atoms with van der Waals surface area (Å²) in [5.41, 5.74) is -0.454. The van der Waals surface area contributed by atoms with Gasteiger partial charge in [0, 0.05) is 12.0 Å². The van der Waals surface area contributed by atoms with Crippen molar-refractivity contribution in [1.29, 1.82) is 0 Å². The molecule has 1 amide bonds. The lowest BCUT2D eigenvalue weighted by molar-refractivity contribution is -0.174. The number of carbonyl (C=O) groups is 1. The minimum Gasteiger partial charge on any atom is -0.467 e. The third-order valence-electron chi connectivity index (χ3n) is 3.86. The van der Waals surface area contributed by atoms with Crippen LogP contribution >= 0.6 is 0 Å². The van der Waals surface area contributed by atoms with Crippen molar-refractivity contribution in [3.05, 3.63) is 35.9 Å². The molecule has 2 aromatic heterocycles. The maximum absolute atomic E-state index is 13.5. The topological polar surface area (TPSA) is 72.1 Å². The highest BCUT2D eigenvalue weighted by Crippen LogP contribution is 2.44. The Hall–Kier alpha value is -2.45. The molecular weight excluding hydrogens is 337 g/mol. The van der Waals surface area contributed by atoms with Gasteiger partial charge in [-0.25, -0.2) is 4.68 Å². The van der Waals surface area contributed by atoms with Crippen LogP contribution in [0, 0.1) is 0 Å². The van der Waals surface area contributed by atoms with Crippen LogP contribution in [-0.4, -0.2) is 27.4 Å². The number of rotatable bonds is 2. The van der Waals surface area contributed by atoms with Crippen molar-refractivity contribution in [2.45, 2.75) is 51.0 Å². The Morgan fingerprint density at radius 1 is 1.40 bits per heavy atom. The van der Waals surface area contributed by atoms with Gasteiger partial charge >= 0.3 is 6.18 Å². The van der Waals surface area contributed by atoms with Crippen molar-refractivity contribution >= 4 is 11.7 Å². The summed E-state index contributed by atoms with van der Waals surface area (Å²) < 4.78 is 46.6. The monoisotopic (exact) mass is 356 g/mol. The zero-order valence-electron chi connectivity index (χ0n) is 14.0. The molecule has 2 aromatic rings. The Labute approximate surface area is 142 Å². The first kappa shape index (κ1) is 17.4. The molecule has 0 saturated carbocycles. The largest absolute Gasteiger partial charge is 0.467 e. The first-order valence-electron chi connectivity index (χ1n) is 7.83. The molecule has 2 N–H and O–H groups in total. The van der Waals surface area contributed by atoms with Gasteiger partial charge in [0.05, 0.1) is 18.5 Å². The Morgan fingerprint density at radius 2 is 2.12 bits per heavy atom. The molecule has 1 aliphatic rings. The summed E-state index contributed by atoms with van der Waals surface area (Å²) in [6.07, 6.45) is -2.21. The van der Waals surface area contributed by atoms with E-state index in [4.69, 9.17) is 4.42 Å². The smallest absolute Gasteiger partial charge is 0.410 e. The van der Waals surface area contributed by atoms with E-state index in [0.29, 0.717) is 5.76 Å². The van der Waals surface area contributed by atoms with Crippen LogP contribution < -0.4 is 10.6 Å². The summed E-state index contributed by atoms with van der Waals surface area (Å²) in [5, 5.41) is 9.51. The lowest BCUT2D eigenvalue weighted by atomic mass is 10.0. The predicted octanol–water partition coefficient (Wildman–Crippen LogP) is 3.66. The molecule has 0 unspecified atom stereocenters. The molecule has 25 heavy (non-hydrogen) atoms. The Morgan fingerprint density at radius 3 is 2.68 bits per heavy atom. The molecule has 0 spiro atoms. The number of furan rings is 1. The van der Waals surface area contributed by atoms with Gasteiger partial charge in [0.15, 0.2) is 6.04 Å². The van der Waals surface area contributed by atoms with Crippen LogP contribution in [0.4, 0.5) is 19.0 Å². The Kier molecular flexibility index (Phi) is 4.04. The zero-order chi connectivity index (χ0) is 18.4. The molecule has 0 radical (unpaired) electrons. The van der Waals surface area contributed by atoms with Crippen LogP contribution in [0.25, 0.3) is 0 Å². The second-order valence-electron chi connectivity index (χ2n) is 7.06. The minimum atomic E-state index is -4.49. The highest BCUT2D eigenvalue weighted by Gasteiger charge is 2.47. The van der Waals surface area contributed by atoms with Crippen LogP contribution in [0.2, 0.25) is 0 Å². The summed E-state index contributed by atoms with van der Waals surface area (Å²) in [4.78, 5) is 12.4. The van der Waals surface area contributed by atoms with E-state index in [0.717, 1.165) is 10.9 Å². The first-order valence-corrected chi connectivity index (χ1v) is 7.83. The van der Waals surface area contributed by atoms with E-state index in [1.54, 1.807) is 32.9 Å². The third kappa shape index (κ3) is 3.49.